The Morgan fingerprint density at radius 2 is 2.16 bits per heavy atom. The average Bonchev–Trinajstić information content (AvgIpc) is 2.68. The van der Waals surface area contributed by atoms with Crippen LogP contribution in [0.5, 0.6) is 0 Å². The van der Waals surface area contributed by atoms with Crippen LogP contribution in [-0.2, 0) is 13.6 Å². The first kappa shape index (κ1) is 14.1. The molecule has 0 bridgehead atoms. The molecule has 1 aromatic heterocycles. The van der Waals surface area contributed by atoms with Gasteiger partial charge in [-0.2, -0.15) is 5.26 Å². The molecule has 1 fully saturated rings. The van der Waals surface area contributed by atoms with Crippen LogP contribution in [0.25, 0.3) is 0 Å². The lowest BCUT2D eigenvalue weighted by Gasteiger charge is -2.34. The molecule has 0 radical (unpaired) electrons. The molecule has 0 saturated heterocycles. The van der Waals surface area contributed by atoms with Crippen molar-refractivity contribution in [3.8, 4) is 6.07 Å². The minimum atomic E-state index is 0.619. The van der Waals surface area contributed by atoms with Crippen LogP contribution in [0, 0.1) is 30.1 Å². The third-order valence-electron chi connectivity index (χ3n) is 5.02. The zero-order valence-corrected chi connectivity index (χ0v) is 12.5. The van der Waals surface area contributed by atoms with Gasteiger partial charge >= 0.3 is 0 Å². The molecular weight excluding hydrogens is 234 g/mol. The quantitative estimate of drug-likeness (QED) is 0.906. The van der Waals surface area contributed by atoms with Gasteiger partial charge in [0.15, 0.2) is 0 Å². The highest BCUT2D eigenvalue weighted by Gasteiger charge is 2.26. The first-order chi connectivity index (χ1) is 9.04. The van der Waals surface area contributed by atoms with E-state index in [1.54, 1.807) is 0 Å². The van der Waals surface area contributed by atoms with Crippen molar-refractivity contribution in [1.82, 2.24) is 9.88 Å². The number of nitriles is 1. The van der Waals surface area contributed by atoms with Crippen LogP contribution in [-0.4, -0.2) is 10.6 Å². The number of nitrogens with zero attached hydrogens (tertiary/aromatic N) is 2. The number of nitrogens with one attached hydrogen (secondary N) is 1. The predicted molar refractivity (Wildman–Crippen MR) is 77.7 cm³/mol. The third-order valence-corrected chi connectivity index (χ3v) is 5.02. The Bertz CT molecular complexity index is 481. The second-order valence-corrected chi connectivity index (χ2v) is 6.07. The van der Waals surface area contributed by atoms with Gasteiger partial charge in [-0.15, -0.1) is 0 Å². The Balaban J connectivity index is 2.01. The van der Waals surface area contributed by atoms with Crippen LogP contribution < -0.4 is 5.32 Å². The highest BCUT2D eigenvalue weighted by atomic mass is 15.0. The Morgan fingerprint density at radius 3 is 2.79 bits per heavy atom. The lowest BCUT2D eigenvalue weighted by Crippen LogP contribution is -2.40. The Kier molecular flexibility index (Phi) is 4.31. The van der Waals surface area contributed by atoms with Crippen LogP contribution >= 0.6 is 0 Å². The number of aromatic nitrogens is 1. The first-order valence-corrected chi connectivity index (χ1v) is 7.33. The highest BCUT2D eigenvalue weighted by Crippen LogP contribution is 2.29. The number of rotatable bonds is 3. The average molecular weight is 259 g/mol. The summed E-state index contributed by atoms with van der Waals surface area (Å²) in [7, 11) is 1.96. The van der Waals surface area contributed by atoms with E-state index < -0.39 is 0 Å². The van der Waals surface area contributed by atoms with E-state index in [1.165, 1.54) is 30.5 Å². The number of hydrogen-bond donors (Lipinski definition) is 1. The SMILES string of the molecule is Cc1c(CNC2CCCC(C)C2C)cc(C#N)n1C. The fourth-order valence-electron chi connectivity index (χ4n) is 3.16. The van der Waals surface area contributed by atoms with Crippen molar-refractivity contribution in [3.63, 3.8) is 0 Å². The van der Waals surface area contributed by atoms with Crippen LogP contribution in [0.15, 0.2) is 6.07 Å². The van der Waals surface area contributed by atoms with Gasteiger partial charge in [-0.1, -0.05) is 26.7 Å². The van der Waals surface area contributed by atoms with Crippen LogP contribution in [0.2, 0.25) is 0 Å². The largest absolute Gasteiger partial charge is 0.340 e. The minimum Gasteiger partial charge on any atom is -0.340 e. The van der Waals surface area contributed by atoms with E-state index in [1.807, 2.05) is 17.7 Å². The molecule has 1 heterocycles. The molecule has 1 N–H and O–H groups in total. The summed E-state index contributed by atoms with van der Waals surface area (Å²) >= 11 is 0. The highest BCUT2D eigenvalue weighted by molar-refractivity contribution is 5.34. The molecule has 3 atom stereocenters. The van der Waals surface area contributed by atoms with Crippen molar-refractivity contribution in [1.29, 1.82) is 5.26 Å². The van der Waals surface area contributed by atoms with Gasteiger partial charge in [0, 0.05) is 25.3 Å². The Labute approximate surface area is 116 Å². The van der Waals surface area contributed by atoms with Crippen molar-refractivity contribution in [2.24, 2.45) is 18.9 Å². The van der Waals surface area contributed by atoms with Crippen LogP contribution in [0.3, 0.4) is 0 Å². The lowest BCUT2D eigenvalue weighted by molar-refractivity contribution is 0.206. The van der Waals surface area contributed by atoms with Gasteiger partial charge in [0.2, 0.25) is 0 Å². The fraction of sp³-hybridized carbons (Fsp3) is 0.688. The molecule has 0 amide bonds. The third kappa shape index (κ3) is 2.84. The molecule has 1 aromatic rings. The smallest absolute Gasteiger partial charge is 0.120 e. The molecule has 19 heavy (non-hydrogen) atoms. The molecule has 0 aromatic carbocycles. The molecule has 104 valence electrons. The summed E-state index contributed by atoms with van der Waals surface area (Å²) in [6, 6.07) is 4.88. The van der Waals surface area contributed by atoms with Crippen molar-refractivity contribution < 1.29 is 0 Å². The Morgan fingerprint density at radius 1 is 1.42 bits per heavy atom. The minimum absolute atomic E-state index is 0.619. The second-order valence-electron chi connectivity index (χ2n) is 6.07. The van der Waals surface area contributed by atoms with Crippen LogP contribution in [0.1, 0.15) is 50.1 Å². The summed E-state index contributed by atoms with van der Waals surface area (Å²) < 4.78 is 1.98. The summed E-state index contributed by atoms with van der Waals surface area (Å²) in [5.74, 6) is 1.56. The van der Waals surface area contributed by atoms with E-state index in [0.717, 1.165) is 24.1 Å². The molecule has 1 saturated carbocycles. The molecule has 0 aliphatic heterocycles. The van der Waals surface area contributed by atoms with Crippen molar-refractivity contribution in [3.05, 3.63) is 23.0 Å². The van der Waals surface area contributed by atoms with Crippen LogP contribution in [0.4, 0.5) is 0 Å². The van der Waals surface area contributed by atoms with E-state index in [-0.39, 0.29) is 0 Å². The molecule has 0 spiro atoms. The zero-order chi connectivity index (χ0) is 14.0. The maximum Gasteiger partial charge on any atom is 0.120 e. The van der Waals surface area contributed by atoms with E-state index >= 15 is 0 Å². The second kappa shape index (κ2) is 5.79. The summed E-state index contributed by atoms with van der Waals surface area (Å²) in [6.45, 7) is 7.69. The maximum atomic E-state index is 9.06. The molecular formula is C16H25N3. The normalized spacial score (nSPS) is 27.2. The fourth-order valence-corrected chi connectivity index (χ4v) is 3.16. The number of hydrogen-bond acceptors (Lipinski definition) is 2. The van der Waals surface area contributed by atoms with E-state index in [9.17, 15) is 0 Å². The molecule has 3 unspecified atom stereocenters. The molecule has 1 aliphatic carbocycles. The Hall–Kier alpha value is -1.27. The van der Waals surface area contributed by atoms with Gasteiger partial charge in [-0.25, -0.2) is 0 Å². The predicted octanol–water partition coefficient (Wildman–Crippen LogP) is 3.12. The summed E-state index contributed by atoms with van der Waals surface area (Å²) in [5, 5.41) is 12.8. The van der Waals surface area contributed by atoms with Crippen molar-refractivity contribution in [2.75, 3.05) is 0 Å². The monoisotopic (exact) mass is 259 g/mol. The van der Waals surface area contributed by atoms with Gasteiger partial charge in [-0.05, 0) is 36.8 Å². The standard InChI is InChI=1S/C16H25N3/c1-11-6-5-7-16(12(11)2)18-10-14-8-15(9-17)19(4)13(14)3/h8,11-12,16,18H,5-7,10H2,1-4H3. The van der Waals surface area contributed by atoms with Gasteiger partial charge in [0.1, 0.15) is 11.8 Å². The molecule has 2 rings (SSSR count). The molecule has 3 heteroatoms. The topological polar surface area (TPSA) is 40.8 Å². The lowest BCUT2D eigenvalue weighted by atomic mass is 9.78. The maximum absolute atomic E-state index is 9.06. The van der Waals surface area contributed by atoms with Gasteiger partial charge in [0.25, 0.3) is 0 Å². The summed E-state index contributed by atoms with van der Waals surface area (Å²) in [4.78, 5) is 0. The van der Waals surface area contributed by atoms with Gasteiger partial charge < -0.3 is 9.88 Å². The van der Waals surface area contributed by atoms with Crippen molar-refractivity contribution >= 4 is 0 Å². The van der Waals surface area contributed by atoms with Gasteiger partial charge in [0.05, 0.1) is 0 Å². The molecule has 1 aliphatic rings. The molecule has 3 nitrogen and oxygen atoms in total. The van der Waals surface area contributed by atoms with Crippen molar-refractivity contribution in [2.45, 2.75) is 52.6 Å². The van der Waals surface area contributed by atoms with E-state index in [0.29, 0.717) is 6.04 Å². The first-order valence-electron chi connectivity index (χ1n) is 7.33. The zero-order valence-electron chi connectivity index (χ0n) is 12.5. The van der Waals surface area contributed by atoms with E-state index in [4.69, 9.17) is 5.26 Å². The summed E-state index contributed by atoms with van der Waals surface area (Å²) in [6.07, 6.45) is 3.98. The summed E-state index contributed by atoms with van der Waals surface area (Å²) in [5.41, 5.74) is 3.20. The van der Waals surface area contributed by atoms with Gasteiger partial charge in [-0.3, -0.25) is 0 Å². The van der Waals surface area contributed by atoms with E-state index in [2.05, 4.69) is 32.2 Å².